The van der Waals surface area contributed by atoms with E-state index in [1.54, 1.807) is 24.7 Å². The van der Waals surface area contributed by atoms with Gasteiger partial charge in [0.1, 0.15) is 5.78 Å². The van der Waals surface area contributed by atoms with Gasteiger partial charge in [0.05, 0.1) is 23.8 Å². The van der Waals surface area contributed by atoms with Crippen LogP contribution >= 0.6 is 0 Å². The third kappa shape index (κ3) is 7.38. The van der Waals surface area contributed by atoms with Gasteiger partial charge in [-0.25, -0.2) is 4.68 Å². The van der Waals surface area contributed by atoms with Crippen molar-refractivity contribution < 1.29 is 19.5 Å². The first kappa shape index (κ1) is 23.7. The largest absolute Gasteiger partial charge is 0.394 e. The minimum atomic E-state index is -0.749. The molecule has 0 aliphatic heterocycles. The van der Waals surface area contributed by atoms with Gasteiger partial charge >= 0.3 is 0 Å². The monoisotopic (exact) mass is 395 g/mol. The Morgan fingerprint density at radius 2 is 1.96 bits per heavy atom. The van der Waals surface area contributed by atoms with Crippen LogP contribution in [0.5, 0.6) is 0 Å². The molecule has 9 nitrogen and oxygen atoms in total. The van der Waals surface area contributed by atoms with Crippen LogP contribution in [0.2, 0.25) is 0 Å². The predicted octanol–water partition coefficient (Wildman–Crippen LogP) is 0.551. The molecule has 28 heavy (non-hydrogen) atoms. The van der Waals surface area contributed by atoms with Crippen molar-refractivity contribution in [2.24, 2.45) is 17.6 Å². The number of carbonyl (C=O) groups is 3. The quantitative estimate of drug-likeness (QED) is 0.329. The lowest BCUT2D eigenvalue weighted by atomic mass is 9.90. The smallest absolute Gasteiger partial charge is 0.228 e. The molecule has 0 aromatic carbocycles. The number of aryl methyl sites for hydroxylation is 1. The minimum Gasteiger partial charge on any atom is -0.394 e. The van der Waals surface area contributed by atoms with Crippen molar-refractivity contribution >= 4 is 17.6 Å². The molecule has 1 rings (SSSR count). The molecule has 1 aromatic heterocycles. The summed E-state index contributed by atoms with van der Waals surface area (Å²) in [6.45, 7) is 7.61. The van der Waals surface area contributed by atoms with Gasteiger partial charge in [0.25, 0.3) is 0 Å². The highest BCUT2D eigenvalue weighted by molar-refractivity contribution is 6.01. The zero-order chi connectivity index (χ0) is 21.3. The molecule has 0 bridgehead atoms. The normalized spacial score (nSPS) is 12.8. The SMILES string of the molecule is CC(C)C(=O)C(CCCCNC(=O)CCc1cn(C(C)(C)CO)nn1)C(N)=O. The van der Waals surface area contributed by atoms with E-state index in [2.05, 4.69) is 15.6 Å². The first-order chi connectivity index (χ1) is 13.1. The summed E-state index contributed by atoms with van der Waals surface area (Å²) >= 11 is 0. The van der Waals surface area contributed by atoms with Gasteiger partial charge in [-0.2, -0.15) is 0 Å². The maximum Gasteiger partial charge on any atom is 0.228 e. The number of ketones is 1. The van der Waals surface area contributed by atoms with E-state index in [9.17, 15) is 19.5 Å². The molecular formula is C19H33N5O4. The van der Waals surface area contributed by atoms with Crippen molar-refractivity contribution in [3.63, 3.8) is 0 Å². The van der Waals surface area contributed by atoms with E-state index in [-0.39, 0.29) is 30.6 Å². The number of nitrogens with two attached hydrogens (primary N) is 1. The average Bonchev–Trinajstić information content (AvgIpc) is 3.12. The number of primary amides is 1. The van der Waals surface area contributed by atoms with Crippen LogP contribution in [-0.2, 0) is 26.3 Å². The molecule has 1 aromatic rings. The Morgan fingerprint density at radius 1 is 1.29 bits per heavy atom. The summed E-state index contributed by atoms with van der Waals surface area (Å²) in [7, 11) is 0. The van der Waals surface area contributed by atoms with E-state index in [0.29, 0.717) is 37.9 Å². The Balaban J connectivity index is 2.29. The highest BCUT2D eigenvalue weighted by Gasteiger charge is 2.25. The van der Waals surface area contributed by atoms with Crippen molar-refractivity contribution in [2.45, 2.75) is 65.3 Å². The number of aliphatic hydroxyl groups excluding tert-OH is 1. The molecule has 0 saturated carbocycles. The molecule has 0 aliphatic carbocycles. The Labute approximate surface area is 166 Å². The molecule has 1 heterocycles. The fraction of sp³-hybridized carbons (Fsp3) is 0.737. The molecular weight excluding hydrogens is 362 g/mol. The number of nitrogens with zero attached hydrogens (tertiary/aromatic N) is 3. The Kier molecular flexibility index (Phi) is 9.24. The molecule has 1 unspecified atom stereocenters. The van der Waals surface area contributed by atoms with Gasteiger partial charge < -0.3 is 16.2 Å². The number of rotatable bonds is 13. The molecule has 0 spiro atoms. The van der Waals surface area contributed by atoms with Gasteiger partial charge in [-0.3, -0.25) is 14.4 Å². The van der Waals surface area contributed by atoms with Crippen molar-refractivity contribution in [2.75, 3.05) is 13.2 Å². The molecule has 0 fully saturated rings. The van der Waals surface area contributed by atoms with Gasteiger partial charge in [-0.05, 0) is 26.7 Å². The summed E-state index contributed by atoms with van der Waals surface area (Å²) in [5.74, 6) is -1.78. The van der Waals surface area contributed by atoms with Crippen LogP contribution in [0.3, 0.4) is 0 Å². The van der Waals surface area contributed by atoms with Gasteiger partial charge in [0, 0.05) is 31.5 Å². The topological polar surface area (TPSA) is 140 Å². The fourth-order valence-electron chi connectivity index (χ4n) is 2.64. The Morgan fingerprint density at radius 3 is 2.54 bits per heavy atom. The van der Waals surface area contributed by atoms with E-state index in [4.69, 9.17) is 5.73 Å². The number of aliphatic hydroxyl groups is 1. The van der Waals surface area contributed by atoms with Crippen LogP contribution in [-0.4, -0.2) is 50.8 Å². The molecule has 1 atom stereocenters. The van der Waals surface area contributed by atoms with Crippen LogP contribution in [0, 0.1) is 11.8 Å². The zero-order valence-electron chi connectivity index (χ0n) is 17.3. The predicted molar refractivity (Wildman–Crippen MR) is 104 cm³/mol. The molecule has 0 saturated heterocycles. The molecule has 158 valence electrons. The second-order valence-electron chi connectivity index (χ2n) is 7.98. The van der Waals surface area contributed by atoms with Crippen LogP contribution in [0.15, 0.2) is 6.20 Å². The van der Waals surface area contributed by atoms with Crippen LogP contribution in [0.1, 0.15) is 59.1 Å². The van der Waals surface area contributed by atoms with Crippen molar-refractivity contribution in [3.8, 4) is 0 Å². The number of aromatic nitrogens is 3. The summed E-state index contributed by atoms with van der Waals surface area (Å²) in [6, 6.07) is 0. The molecule has 9 heteroatoms. The maximum atomic E-state index is 12.0. The van der Waals surface area contributed by atoms with Gasteiger partial charge in [-0.15, -0.1) is 5.10 Å². The molecule has 4 N–H and O–H groups in total. The van der Waals surface area contributed by atoms with E-state index in [0.717, 1.165) is 0 Å². The standard InChI is InChI=1S/C19H33N5O4/c1-13(2)17(27)15(18(20)28)7-5-6-10-21-16(26)9-8-14-11-24(23-22-14)19(3,4)12-25/h11,13,15,25H,5-10,12H2,1-4H3,(H2,20,28)(H,21,26). The Bertz CT molecular complexity index is 669. The zero-order valence-corrected chi connectivity index (χ0v) is 17.3. The summed E-state index contributed by atoms with van der Waals surface area (Å²) in [5.41, 5.74) is 5.47. The van der Waals surface area contributed by atoms with Gasteiger partial charge in [0.15, 0.2) is 0 Å². The average molecular weight is 396 g/mol. The first-order valence-electron chi connectivity index (χ1n) is 9.70. The number of unbranched alkanes of at least 4 members (excludes halogenated alkanes) is 1. The number of nitrogens with one attached hydrogen (secondary N) is 1. The number of carbonyl (C=O) groups excluding carboxylic acids is 3. The molecule has 0 aliphatic rings. The lowest BCUT2D eigenvalue weighted by molar-refractivity contribution is -0.134. The van der Waals surface area contributed by atoms with E-state index in [1.165, 1.54) is 0 Å². The number of hydrogen-bond acceptors (Lipinski definition) is 6. The summed E-state index contributed by atoms with van der Waals surface area (Å²) < 4.78 is 1.59. The van der Waals surface area contributed by atoms with E-state index < -0.39 is 17.4 Å². The number of amides is 2. The van der Waals surface area contributed by atoms with Gasteiger partial charge in [-0.1, -0.05) is 25.5 Å². The number of Topliss-reactive ketones (excluding diaryl/α,β-unsaturated/α-hetero) is 1. The van der Waals surface area contributed by atoms with Crippen LogP contribution in [0.25, 0.3) is 0 Å². The van der Waals surface area contributed by atoms with Gasteiger partial charge in [0.2, 0.25) is 11.8 Å². The highest BCUT2D eigenvalue weighted by Crippen LogP contribution is 2.15. The highest BCUT2D eigenvalue weighted by atomic mass is 16.3. The second-order valence-corrected chi connectivity index (χ2v) is 7.98. The van der Waals surface area contributed by atoms with Crippen molar-refractivity contribution in [1.82, 2.24) is 20.3 Å². The summed E-state index contributed by atoms with van der Waals surface area (Å²) in [4.78, 5) is 35.3. The second kappa shape index (κ2) is 10.9. The summed E-state index contributed by atoms with van der Waals surface area (Å²) in [6.07, 6.45) is 4.19. The van der Waals surface area contributed by atoms with Crippen molar-refractivity contribution in [3.05, 3.63) is 11.9 Å². The lowest BCUT2D eigenvalue weighted by Gasteiger charge is -2.20. The van der Waals surface area contributed by atoms with Crippen LogP contribution < -0.4 is 11.1 Å². The molecule has 2 amide bonds. The van der Waals surface area contributed by atoms with Crippen molar-refractivity contribution in [1.29, 1.82) is 0 Å². The van der Waals surface area contributed by atoms with Crippen LogP contribution in [0.4, 0.5) is 0 Å². The number of hydrogen-bond donors (Lipinski definition) is 3. The minimum absolute atomic E-state index is 0.0599. The van der Waals surface area contributed by atoms with E-state index >= 15 is 0 Å². The fourth-order valence-corrected chi connectivity index (χ4v) is 2.64. The first-order valence-corrected chi connectivity index (χ1v) is 9.70. The lowest BCUT2D eigenvalue weighted by Crippen LogP contribution is -2.33. The molecule has 0 radical (unpaired) electrons. The summed E-state index contributed by atoms with van der Waals surface area (Å²) in [5, 5.41) is 20.2. The van der Waals surface area contributed by atoms with E-state index in [1.807, 2.05) is 13.8 Å². The maximum absolute atomic E-state index is 12.0. The third-order valence-electron chi connectivity index (χ3n) is 4.65. The third-order valence-corrected chi connectivity index (χ3v) is 4.65. The Hall–Kier alpha value is -2.29.